The summed E-state index contributed by atoms with van der Waals surface area (Å²) in [6.07, 6.45) is 3.39. The molecule has 88 valence electrons. The van der Waals surface area contributed by atoms with Gasteiger partial charge in [-0.2, -0.15) is 0 Å². The summed E-state index contributed by atoms with van der Waals surface area (Å²) >= 11 is 2.12. The van der Waals surface area contributed by atoms with E-state index in [9.17, 15) is 8.42 Å². The van der Waals surface area contributed by atoms with Crippen molar-refractivity contribution in [1.29, 1.82) is 0 Å². The molecule has 0 fully saturated rings. The van der Waals surface area contributed by atoms with Crippen molar-refractivity contribution < 1.29 is 8.42 Å². The Morgan fingerprint density at radius 3 is 2.44 bits per heavy atom. The van der Waals surface area contributed by atoms with E-state index < -0.39 is 10.0 Å². The van der Waals surface area contributed by atoms with Crippen LogP contribution in [0.4, 0.5) is 0 Å². The van der Waals surface area contributed by atoms with Gasteiger partial charge >= 0.3 is 0 Å². The quantitative estimate of drug-likeness (QED) is 0.616. The number of nitrogens with two attached hydrogens (primary N) is 1. The lowest BCUT2D eigenvalue weighted by molar-refractivity contribution is 0.585. The van der Waals surface area contributed by atoms with Crippen LogP contribution in [0.25, 0.3) is 0 Å². The molecule has 0 aliphatic heterocycles. The Balaban J connectivity index is 2.71. The maximum Gasteiger partial charge on any atom is 0.240 e. The van der Waals surface area contributed by atoms with Gasteiger partial charge in [-0.1, -0.05) is 12.2 Å². The van der Waals surface area contributed by atoms with Gasteiger partial charge in [0, 0.05) is 16.7 Å². The SMILES string of the molecule is NC/C=C/CNS(=O)(=O)c1ccc(I)cc1. The van der Waals surface area contributed by atoms with Gasteiger partial charge in [-0.3, -0.25) is 0 Å². The molecular formula is C10H13IN2O2S. The number of benzene rings is 1. The third kappa shape index (κ3) is 4.20. The fourth-order valence-electron chi connectivity index (χ4n) is 1.03. The number of nitrogens with one attached hydrogen (secondary N) is 1. The van der Waals surface area contributed by atoms with E-state index in [4.69, 9.17) is 5.73 Å². The fourth-order valence-corrected chi connectivity index (χ4v) is 2.37. The Morgan fingerprint density at radius 1 is 1.25 bits per heavy atom. The van der Waals surface area contributed by atoms with Crippen molar-refractivity contribution in [2.45, 2.75) is 4.90 Å². The van der Waals surface area contributed by atoms with Crippen LogP contribution in [-0.2, 0) is 10.0 Å². The summed E-state index contributed by atoms with van der Waals surface area (Å²) in [4.78, 5) is 0.272. The van der Waals surface area contributed by atoms with E-state index in [1.165, 1.54) is 0 Å². The average molecular weight is 352 g/mol. The first-order valence-corrected chi connectivity index (χ1v) is 7.23. The van der Waals surface area contributed by atoms with Crippen molar-refractivity contribution in [3.05, 3.63) is 40.0 Å². The van der Waals surface area contributed by atoms with E-state index in [2.05, 4.69) is 27.3 Å². The summed E-state index contributed by atoms with van der Waals surface area (Å²) in [5.74, 6) is 0. The molecule has 0 aliphatic rings. The molecule has 0 heterocycles. The number of rotatable bonds is 5. The van der Waals surface area contributed by atoms with Crippen LogP contribution in [0.3, 0.4) is 0 Å². The Kier molecular flexibility index (Phi) is 5.39. The topological polar surface area (TPSA) is 72.2 Å². The highest BCUT2D eigenvalue weighted by Crippen LogP contribution is 2.11. The van der Waals surface area contributed by atoms with Gasteiger partial charge in [0.05, 0.1) is 4.90 Å². The van der Waals surface area contributed by atoms with Crippen molar-refractivity contribution in [3.8, 4) is 0 Å². The number of halogens is 1. The smallest absolute Gasteiger partial charge is 0.240 e. The van der Waals surface area contributed by atoms with Crippen molar-refractivity contribution in [2.24, 2.45) is 5.73 Å². The van der Waals surface area contributed by atoms with E-state index in [0.29, 0.717) is 6.54 Å². The normalized spacial score (nSPS) is 12.1. The zero-order valence-electron chi connectivity index (χ0n) is 8.56. The van der Waals surface area contributed by atoms with Gasteiger partial charge < -0.3 is 5.73 Å². The first-order chi connectivity index (χ1) is 7.56. The number of sulfonamides is 1. The zero-order valence-corrected chi connectivity index (χ0v) is 11.5. The van der Waals surface area contributed by atoms with Gasteiger partial charge in [-0.05, 0) is 46.9 Å². The molecule has 0 radical (unpaired) electrons. The Bertz CT molecular complexity index is 454. The van der Waals surface area contributed by atoms with Gasteiger partial charge in [-0.25, -0.2) is 13.1 Å². The van der Waals surface area contributed by atoms with Gasteiger partial charge in [0.2, 0.25) is 10.0 Å². The lowest BCUT2D eigenvalue weighted by Crippen LogP contribution is -2.23. The molecule has 4 nitrogen and oxygen atoms in total. The molecule has 0 amide bonds. The minimum absolute atomic E-state index is 0.255. The van der Waals surface area contributed by atoms with Crippen molar-refractivity contribution in [2.75, 3.05) is 13.1 Å². The molecule has 0 atom stereocenters. The highest BCUT2D eigenvalue weighted by molar-refractivity contribution is 14.1. The van der Waals surface area contributed by atoms with Crippen LogP contribution in [0.5, 0.6) is 0 Å². The highest BCUT2D eigenvalue weighted by Gasteiger charge is 2.11. The second-order valence-electron chi connectivity index (χ2n) is 3.01. The largest absolute Gasteiger partial charge is 0.327 e. The molecular weight excluding hydrogens is 339 g/mol. The standard InChI is InChI=1S/C10H13IN2O2S/c11-9-3-5-10(6-4-9)16(14,15)13-8-2-1-7-12/h1-6,13H,7-8,12H2/b2-1+. The molecule has 0 spiro atoms. The van der Waals surface area contributed by atoms with Crippen LogP contribution in [0, 0.1) is 3.57 Å². The van der Waals surface area contributed by atoms with Gasteiger partial charge in [0.1, 0.15) is 0 Å². The Morgan fingerprint density at radius 2 is 1.88 bits per heavy atom. The van der Waals surface area contributed by atoms with Crippen LogP contribution in [-0.4, -0.2) is 21.5 Å². The van der Waals surface area contributed by atoms with Crippen molar-refractivity contribution in [1.82, 2.24) is 4.72 Å². The zero-order chi connectivity index (χ0) is 12.0. The molecule has 0 unspecified atom stereocenters. The summed E-state index contributed by atoms with van der Waals surface area (Å²) in [5.41, 5.74) is 5.24. The summed E-state index contributed by atoms with van der Waals surface area (Å²) in [5, 5.41) is 0. The van der Waals surface area contributed by atoms with Crippen LogP contribution in [0.1, 0.15) is 0 Å². The lowest BCUT2D eigenvalue weighted by Gasteiger charge is -2.04. The molecule has 0 bridgehead atoms. The monoisotopic (exact) mass is 352 g/mol. The van der Waals surface area contributed by atoms with E-state index in [1.807, 2.05) is 0 Å². The highest BCUT2D eigenvalue weighted by atomic mass is 127. The Labute approximate surface area is 109 Å². The van der Waals surface area contributed by atoms with Gasteiger partial charge in [0.25, 0.3) is 0 Å². The van der Waals surface area contributed by atoms with Crippen LogP contribution >= 0.6 is 22.6 Å². The van der Waals surface area contributed by atoms with Gasteiger partial charge in [0.15, 0.2) is 0 Å². The molecule has 1 aromatic carbocycles. The average Bonchev–Trinajstić information content (AvgIpc) is 2.25. The van der Waals surface area contributed by atoms with E-state index in [0.717, 1.165) is 3.57 Å². The fraction of sp³-hybridized carbons (Fsp3) is 0.200. The first-order valence-electron chi connectivity index (χ1n) is 4.66. The second kappa shape index (κ2) is 6.33. The Hall–Kier alpha value is -0.440. The third-order valence-electron chi connectivity index (χ3n) is 1.82. The number of hydrogen-bond acceptors (Lipinski definition) is 3. The molecule has 3 N–H and O–H groups in total. The summed E-state index contributed by atoms with van der Waals surface area (Å²) in [6, 6.07) is 6.67. The minimum atomic E-state index is -3.40. The molecule has 0 saturated carbocycles. The molecule has 0 saturated heterocycles. The van der Waals surface area contributed by atoms with Gasteiger partial charge in [-0.15, -0.1) is 0 Å². The number of hydrogen-bond donors (Lipinski definition) is 2. The predicted octanol–water partition coefficient (Wildman–Crippen LogP) is 1.08. The summed E-state index contributed by atoms with van der Waals surface area (Å²) < 4.78 is 26.9. The minimum Gasteiger partial charge on any atom is -0.327 e. The molecule has 16 heavy (non-hydrogen) atoms. The predicted molar refractivity (Wildman–Crippen MR) is 72.5 cm³/mol. The maximum atomic E-state index is 11.7. The molecule has 1 aromatic rings. The van der Waals surface area contributed by atoms with Crippen LogP contribution in [0.2, 0.25) is 0 Å². The molecule has 1 rings (SSSR count). The summed E-state index contributed by atoms with van der Waals surface area (Å²) in [7, 11) is -3.40. The lowest BCUT2D eigenvalue weighted by atomic mass is 10.4. The molecule has 6 heteroatoms. The van der Waals surface area contributed by atoms with Crippen molar-refractivity contribution >= 4 is 32.6 Å². The molecule has 0 aliphatic carbocycles. The van der Waals surface area contributed by atoms with Crippen LogP contribution in [0.15, 0.2) is 41.3 Å². The first kappa shape index (κ1) is 13.6. The van der Waals surface area contributed by atoms with Crippen molar-refractivity contribution in [3.63, 3.8) is 0 Å². The van der Waals surface area contributed by atoms with E-state index in [-0.39, 0.29) is 11.4 Å². The third-order valence-corrected chi connectivity index (χ3v) is 3.98. The van der Waals surface area contributed by atoms with E-state index in [1.54, 1.807) is 36.4 Å². The van der Waals surface area contributed by atoms with E-state index >= 15 is 0 Å². The summed E-state index contributed by atoms with van der Waals surface area (Å²) in [6.45, 7) is 0.663. The maximum absolute atomic E-state index is 11.7. The second-order valence-corrected chi connectivity index (χ2v) is 6.03. The van der Waals surface area contributed by atoms with Crippen LogP contribution < -0.4 is 10.5 Å². The molecule has 0 aromatic heterocycles.